The lowest BCUT2D eigenvalue weighted by Gasteiger charge is -2.11. The second kappa shape index (κ2) is 7.30. The number of nitrogens with one attached hydrogen (secondary N) is 1. The highest BCUT2D eigenvalue weighted by molar-refractivity contribution is 9.11. The average Bonchev–Trinajstić information content (AvgIpc) is 2.20. The Balaban J connectivity index is 2.47. The van der Waals surface area contributed by atoms with Gasteiger partial charge in [-0.15, -0.1) is 0 Å². The molecule has 0 fully saturated rings. The van der Waals surface area contributed by atoms with Crippen LogP contribution >= 0.6 is 31.9 Å². The summed E-state index contributed by atoms with van der Waals surface area (Å²) in [6.45, 7) is 6.57. The molecule has 0 aliphatic rings. The standard InChI is InChI=1S/C12H17Br2NO/c1-3-5-16-6-4-15-12-10(13)7-9(2)8-11(12)14/h7-8,15H,3-6H2,1-2H3. The maximum Gasteiger partial charge on any atom is 0.0639 e. The van der Waals surface area contributed by atoms with Gasteiger partial charge in [-0.2, -0.15) is 0 Å². The van der Waals surface area contributed by atoms with Crippen molar-refractivity contribution in [1.29, 1.82) is 0 Å². The third kappa shape index (κ3) is 4.44. The summed E-state index contributed by atoms with van der Waals surface area (Å²) in [5.41, 5.74) is 2.32. The lowest BCUT2D eigenvalue weighted by atomic mass is 10.2. The predicted molar refractivity (Wildman–Crippen MR) is 76.2 cm³/mol. The summed E-state index contributed by atoms with van der Waals surface area (Å²) in [5, 5.41) is 3.35. The van der Waals surface area contributed by atoms with Crippen LogP contribution in [0.5, 0.6) is 0 Å². The van der Waals surface area contributed by atoms with Crippen LogP contribution < -0.4 is 5.32 Å². The first-order valence-corrected chi connectivity index (χ1v) is 7.01. The van der Waals surface area contributed by atoms with Gasteiger partial charge in [-0.3, -0.25) is 0 Å². The van der Waals surface area contributed by atoms with Crippen molar-refractivity contribution in [2.45, 2.75) is 20.3 Å². The number of benzene rings is 1. The molecule has 4 heteroatoms. The van der Waals surface area contributed by atoms with Crippen LogP contribution in [0.1, 0.15) is 18.9 Å². The van der Waals surface area contributed by atoms with E-state index in [9.17, 15) is 0 Å². The zero-order valence-corrected chi connectivity index (χ0v) is 12.8. The lowest BCUT2D eigenvalue weighted by Crippen LogP contribution is -2.10. The maximum absolute atomic E-state index is 5.41. The van der Waals surface area contributed by atoms with Crippen molar-refractivity contribution in [3.05, 3.63) is 26.6 Å². The fraction of sp³-hybridized carbons (Fsp3) is 0.500. The number of ether oxygens (including phenoxy) is 1. The van der Waals surface area contributed by atoms with Crippen molar-refractivity contribution in [3.63, 3.8) is 0 Å². The Bertz CT molecular complexity index is 319. The SMILES string of the molecule is CCCOCCNc1c(Br)cc(C)cc1Br. The smallest absolute Gasteiger partial charge is 0.0639 e. The van der Waals surface area contributed by atoms with Crippen molar-refractivity contribution >= 4 is 37.5 Å². The number of anilines is 1. The molecule has 0 unspecified atom stereocenters. The molecule has 16 heavy (non-hydrogen) atoms. The van der Waals surface area contributed by atoms with Crippen LogP contribution in [0.3, 0.4) is 0 Å². The molecule has 0 aliphatic heterocycles. The number of aryl methyl sites for hydroxylation is 1. The third-order valence-electron chi connectivity index (χ3n) is 2.08. The van der Waals surface area contributed by atoms with Crippen molar-refractivity contribution in [1.82, 2.24) is 0 Å². The second-order valence-electron chi connectivity index (χ2n) is 3.64. The maximum atomic E-state index is 5.41. The largest absolute Gasteiger partial charge is 0.381 e. The summed E-state index contributed by atoms with van der Waals surface area (Å²) in [4.78, 5) is 0. The molecule has 1 aromatic carbocycles. The Morgan fingerprint density at radius 3 is 2.38 bits per heavy atom. The molecule has 0 radical (unpaired) electrons. The summed E-state index contributed by atoms with van der Waals surface area (Å²) >= 11 is 7.09. The van der Waals surface area contributed by atoms with Crippen molar-refractivity contribution < 1.29 is 4.74 Å². The van der Waals surface area contributed by atoms with Crippen LogP contribution in [0.4, 0.5) is 5.69 Å². The van der Waals surface area contributed by atoms with E-state index in [1.54, 1.807) is 0 Å². The Labute approximate surface area is 114 Å². The highest BCUT2D eigenvalue weighted by atomic mass is 79.9. The fourth-order valence-corrected chi connectivity index (χ4v) is 3.06. The van der Waals surface area contributed by atoms with Crippen LogP contribution in [-0.4, -0.2) is 19.8 Å². The van der Waals surface area contributed by atoms with Crippen molar-refractivity contribution in [3.8, 4) is 0 Å². The van der Waals surface area contributed by atoms with E-state index in [1.165, 1.54) is 5.56 Å². The summed E-state index contributed by atoms with van der Waals surface area (Å²) in [5.74, 6) is 0. The molecular weight excluding hydrogens is 334 g/mol. The zero-order valence-electron chi connectivity index (χ0n) is 9.65. The molecule has 0 aliphatic carbocycles. The van der Waals surface area contributed by atoms with Crippen molar-refractivity contribution in [2.24, 2.45) is 0 Å². The van der Waals surface area contributed by atoms with Crippen LogP contribution in [-0.2, 0) is 4.74 Å². The zero-order chi connectivity index (χ0) is 12.0. The molecule has 1 aromatic rings. The molecule has 0 amide bonds. The van der Waals surface area contributed by atoms with E-state index in [-0.39, 0.29) is 0 Å². The average molecular weight is 351 g/mol. The van der Waals surface area contributed by atoms with Gasteiger partial charge >= 0.3 is 0 Å². The van der Waals surface area contributed by atoms with Gasteiger partial charge in [0.05, 0.1) is 12.3 Å². The topological polar surface area (TPSA) is 21.3 Å². The summed E-state index contributed by atoms with van der Waals surface area (Å²) < 4.78 is 7.57. The van der Waals surface area contributed by atoms with Gasteiger partial charge in [0.15, 0.2) is 0 Å². The highest BCUT2D eigenvalue weighted by Gasteiger charge is 2.05. The van der Waals surface area contributed by atoms with Crippen molar-refractivity contribution in [2.75, 3.05) is 25.1 Å². The van der Waals surface area contributed by atoms with E-state index >= 15 is 0 Å². The van der Waals surface area contributed by atoms with E-state index in [2.05, 4.69) is 63.2 Å². The minimum atomic E-state index is 0.737. The van der Waals surface area contributed by atoms with E-state index in [4.69, 9.17) is 4.74 Å². The van der Waals surface area contributed by atoms with Gasteiger partial charge in [0.25, 0.3) is 0 Å². The van der Waals surface area contributed by atoms with Crippen LogP contribution in [0, 0.1) is 6.92 Å². The molecule has 0 aromatic heterocycles. The molecule has 0 saturated heterocycles. The highest BCUT2D eigenvalue weighted by Crippen LogP contribution is 2.31. The van der Waals surface area contributed by atoms with Crippen LogP contribution in [0.15, 0.2) is 21.1 Å². The quantitative estimate of drug-likeness (QED) is 0.769. The van der Waals surface area contributed by atoms with Gasteiger partial charge < -0.3 is 10.1 Å². The fourth-order valence-electron chi connectivity index (χ4n) is 1.36. The molecule has 0 heterocycles. The minimum Gasteiger partial charge on any atom is -0.381 e. The number of halogens is 2. The molecule has 0 spiro atoms. The van der Waals surface area contributed by atoms with Gasteiger partial charge in [0, 0.05) is 22.1 Å². The first kappa shape index (κ1) is 14.0. The summed E-state index contributed by atoms with van der Waals surface area (Å²) in [6.07, 6.45) is 1.07. The Morgan fingerprint density at radius 2 is 1.81 bits per heavy atom. The van der Waals surface area contributed by atoms with Gasteiger partial charge in [0.2, 0.25) is 0 Å². The van der Waals surface area contributed by atoms with Gasteiger partial charge in [-0.05, 0) is 62.9 Å². The first-order chi connectivity index (χ1) is 7.65. The molecule has 2 nitrogen and oxygen atoms in total. The summed E-state index contributed by atoms with van der Waals surface area (Å²) in [6, 6.07) is 4.19. The minimum absolute atomic E-state index is 0.737. The second-order valence-corrected chi connectivity index (χ2v) is 5.35. The number of hydrogen-bond donors (Lipinski definition) is 1. The monoisotopic (exact) mass is 349 g/mol. The summed E-state index contributed by atoms with van der Waals surface area (Å²) in [7, 11) is 0. The molecule has 0 atom stereocenters. The van der Waals surface area contributed by atoms with Gasteiger partial charge in [-0.25, -0.2) is 0 Å². The lowest BCUT2D eigenvalue weighted by molar-refractivity contribution is 0.144. The molecule has 0 saturated carbocycles. The molecular formula is C12H17Br2NO. The first-order valence-electron chi connectivity index (χ1n) is 5.42. The van der Waals surface area contributed by atoms with E-state index in [0.717, 1.165) is 40.8 Å². The Kier molecular flexibility index (Phi) is 6.39. The van der Waals surface area contributed by atoms with E-state index < -0.39 is 0 Å². The molecule has 90 valence electrons. The molecule has 1 rings (SSSR count). The van der Waals surface area contributed by atoms with Crippen LogP contribution in [0.2, 0.25) is 0 Å². The van der Waals surface area contributed by atoms with Crippen LogP contribution in [0.25, 0.3) is 0 Å². The number of hydrogen-bond acceptors (Lipinski definition) is 2. The number of rotatable bonds is 6. The van der Waals surface area contributed by atoms with Gasteiger partial charge in [0.1, 0.15) is 0 Å². The third-order valence-corrected chi connectivity index (χ3v) is 3.33. The van der Waals surface area contributed by atoms with E-state index in [1.807, 2.05) is 0 Å². The Morgan fingerprint density at radius 1 is 1.19 bits per heavy atom. The molecule has 0 bridgehead atoms. The Hall–Kier alpha value is -0.0600. The molecule has 1 N–H and O–H groups in total. The van der Waals surface area contributed by atoms with E-state index in [0.29, 0.717) is 0 Å². The van der Waals surface area contributed by atoms with Gasteiger partial charge in [-0.1, -0.05) is 6.92 Å². The normalized spacial score (nSPS) is 10.5. The predicted octanol–water partition coefficient (Wildman–Crippen LogP) is 4.36.